The number of nitrogen functional groups attached to an aromatic ring is 1. The van der Waals surface area contributed by atoms with Crippen LogP contribution in [0.3, 0.4) is 0 Å². The number of nitrogens with zero attached hydrogens (tertiary/aromatic N) is 1. The molecule has 0 bridgehead atoms. The molecular formula is C10H13ClN2. The van der Waals surface area contributed by atoms with Crippen LogP contribution < -0.4 is 5.73 Å². The first-order valence-corrected chi connectivity index (χ1v) is 4.48. The summed E-state index contributed by atoms with van der Waals surface area (Å²) in [6.45, 7) is 5.79. The van der Waals surface area contributed by atoms with E-state index in [1.54, 1.807) is 19.1 Å². The van der Waals surface area contributed by atoms with Crippen molar-refractivity contribution in [3.8, 4) is 6.07 Å². The van der Waals surface area contributed by atoms with Crippen LogP contribution in [0.1, 0.15) is 25.0 Å². The summed E-state index contributed by atoms with van der Waals surface area (Å²) in [5.74, 6) is 0. The van der Waals surface area contributed by atoms with Gasteiger partial charge >= 0.3 is 0 Å². The standard InChI is InChI=1S/C8H7ClN2.C2H6/c1-5-6(4-10)2-7(11)3-8(5)9;1-2/h2-3H,11H2,1H3;1-2H3. The van der Waals surface area contributed by atoms with Gasteiger partial charge in [-0.05, 0) is 24.6 Å². The molecule has 0 unspecified atom stereocenters. The van der Waals surface area contributed by atoms with E-state index in [-0.39, 0.29) is 0 Å². The zero-order valence-electron chi connectivity index (χ0n) is 8.06. The van der Waals surface area contributed by atoms with E-state index in [1.165, 1.54) is 0 Å². The van der Waals surface area contributed by atoms with Gasteiger partial charge < -0.3 is 5.73 Å². The Bertz CT molecular complexity index is 326. The van der Waals surface area contributed by atoms with Gasteiger partial charge in [-0.3, -0.25) is 0 Å². The maximum Gasteiger partial charge on any atom is 0.0995 e. The third-order valence-corrected chi connectivity index (χ3v) is 1.88. The highest BCUT2D eigenvalue weighted by atomic mass is 35.5. The average molecular weight is 197 g/mol. The molecular weight excluding hydrogens is 184 g/mol. The zero-order chi connectivity index (χ0) is 10.4. The van der Waals surface area contributed by atoms with E-state index in [9.17, 15) is 0 Å². The Balaban J connectivity index is 0.000000671. The van der Waals surface area contributed by atoms with Crippen molar-refractivity contribution in [3.05, 3.63) is 28.3 Å². The highest BCUT2D eigenvalue weighted by Gasteiger charge is 2.02. The molecule has 0 aliphatic carbocycles. The molecule has 0 heterocycles. The summed E-state index contributed by atoms with van der Waals surface area (Å²) in [5, 5.41) is 9.15. The van der Waals surface area contributed by atoms with Crippen LogP contribution in [-0.2, 0) is 0 Å². The number of halogens is 1. The molecule has 0 radical (unpaired) electrons. The van der Waals surface area contributed by atoms with Crippen molar-refractivity contribution < 1.29 is 0 Å². The highest BCUT2D eigenvalue weighted by Crippen LogP contribution is 2.21. The van der Waals surface area contributed by atoms with Crippen LogP contribution in [0, 0.1) is 18.3 Å². The summed E-state index contributed by atoms with van der Waals surface area (Å²) >= 11 is 5.77. The molecule has 0 saturated carbocycles. The number of hydrogen-bond donors (Lipinski definition) is 1. The van der Waals surface area contributed by atoms with Gasteiger partial charge in [-0.15, -0.1) is 0 Å². The molecule has 0 aromatic heterocycles. The second-order valence-corrected chi connectivity index (χ2v) is 2.69. The third kappa shape index (κ3) is 2.96. The Morgan fingerprint density at radius 2 is 1.92 bits per heavy atom. The highest BCUT2D eigenvalue weighted by molar-refractivity contribution is 6.31. The minimum atomic E-state index is 0.525. The van der Waals surface area contributed by atoms with Crippen LogP contribution in [0.15, 0.2) is 12.1 Å². The first kappa shape index (κ1) is 11.8. The lowest BCUT2D eigenvalue weighted by Gasteiger charge is -2.00. The predicted octanol–water partition coefficient (Wildman–Crippen LogP) is 3.13. The maximum atomic E-state index is 8.60. The van der Waals surface area contributed by atoms with Gasteiger partial charge in [0.2, 0.25) is 0 Å². The molecule has 2 N–H and O–H groups in total. The molecule has 1 aromatic carbocycles. The summed E-state index contributed by atoms with van der Waals surface area (Å²) in [6, 6.07) is 5.26. The second kappa shape index (κ2) is 5.45. The number of nitriles is 1. The maximum absolute atomic E-state index is 8.60. The van der Waals surface area contributed by atoms with Gasteiger partial charge in [-0.2, -0.15) is 5.26 Å². The van der Waals surface area contributed by atoms with Crippen LogP contribution >= 0.6 is 11.6 Å². The normalized spacial score (nSPS) is 8.23. The van der Waals surface area contributed by atoms with Crippen molar-refractivity contribution in [1.29, 1.82) is 5.26 Å². The van der Waals surface area contributed by atoms with Crippen LogP contribution in [0.25, 0.3) is 0 Å². The molecule has 0 aliphatic heterocycles. The Kier molecular flexibility index (Phi) is 4.94. The molecule has 70 valence electrons. The first-order valence-electron chi connectivity index (χ1n) is 4.11. The van der Waals surface area contributed by atoms with Gasteiger partial charge in [-0.25, -0.2) is 0 Å². The number of anilines is 1. The van der Waals surface area contributed by atoms with E-state index in [0.29, 0.717) is 16.3 Å². The van der Waals surface area contributed by atoms with Crippen molar-refractivity contribution in [3.63, 3.8) is 0 Å². The molecule has 0 atom stereocenters. The van der Waals surface area contributed by atoms with Gasteiger partial charge in [0.15, 0.2) is 0 Å². The molecule has 3 heteroatoms. The SMILES string of the molecule is CC.Cc1c(Cl)cc(N)cc1C#N. The predicted molar refractivity (Wildman–Crippen MR) is 56.7 cm³/mol. The van der Waals surface area contributed by atoms with E-state index in [4.69, 9.17) is 22.6 Å². The lowest BCUT2D eigenvalue weighted by molar-refractivity contribution is 1.39. The van der Waals surface area contributed by atoms with Crippen molar-refractivity contribution >= 4 is 17.3 Å². The number of nitrogens with two attached hydrogens (primary N) is 1. The molecule has 0 saturated heterocycles. The summed E-state index contributed by atoms with van der Waals surface area (Å²) in [6.07, 6.45) is 0. The van der Waals surface area contributed by atoms with Gasteiger partial charge in [0.25, 0.3) is 0 Å². The molecule has 2 nitrogen and oxygen atoms in total. The minimum absolute atomic E-state index is 0.525. The van der Waals surface area contributed by atoms with Gasteiger partial charge in [0, 0.05) is 10.7 Å². The molecule has 13 heavy (non-hydrogen) atoms. The fourth-order valence-corrected chi connectivity index (χ4v) is 1.04. The van der Waals surface area contributed by atoms with E-state index in [2.05, 4.69) is 0 Å². The Hall–Kier alpha value is -1.20. The van der Waals surface area contributed by atoms with Crippen LogP contribution in [0.4, 0.5) is 5.69 Å². The van der Waals surface area contributed by atoms with Gasteiger partial charge in [0.05, 0.1) is 11.6 Å². The second-order valence-electron chi connectivity index (χ2n) is 2.29. The molecule has 0 spiro atoms. The number of hydrogen-bond acceptors (Lipinski definition) is 2. The minimum Gasteiger partial charge on any atom is -0.399 e. The molecule has 0 amide bonds. The van der Waals surface area contributed by atoms with Crippen molar-refractivity contribution in [2.75, 3.05) is 5.73 Å². The van der Waals surface area contributed by atoms with Crippen LogP contribution in [0.5, 0.6) is 0 Å². The first-order chi connectivity index (χ1) is 6.15. The van der Waals surface area contributed by atoms with E-state index in [1.807, 2.05) is 19.9 Å². The number of rotatable bonds is 0. The quantitative estimate of drug-likeness (QED) is 0.649. The summed E-state index contributed by atoms with van der Waals surface area (Å²) < 4.78 is 0. The zero-order valence-corrected chi connectivity index (χ0v) is 8.81. The van der Waals surface area contributed by atoms with Crippen molar-refractivity contribution in [2.24, 2.45) is 0 Å². The summed E-state index contributed by atoms with van der Waals surface area (Å²) in [7, 11) is 0. The Morgan fingerprint density at radius 1 is 1.38 bits per heavy atom. The van der Waals surface area contributed by atoms with E-state index >= 15 is 0 Å². The number of benzene rings is 1. The average Bonchev–Trinajstić information content (AvgIpc) is 2.14. The molecule has 0 aliphatic rings. The molecule has 1 aromatic rings. The summed E-state index contributed by atoms with van der Waals surface area (Å²) in [5.41, 5.74) is 7.31. The van der Waals surface area contributed by atoms with Crippen LogP contribution in [0.2, 0.25) is 5.02 Å². The lowest BCUT2D eigenvalue weighted by Crippen LogP contribution is -1.89. The fraction of sp³-hybridized carbons (Fsp3) is 0.300. The van der Waals surface area contributed by atoms with Crippen molar-refractivity contribution in [1.82, 2.24) is 0 Å². The molecule has 0 fully saturated rings. The van der Waals surface area contributed by atoms with Gasteiger partial charge in [0.1, 0.15) is 0 Å². The third-order valence-electron chi connectivity index (χ3n) is 1.49. The Labute approximate surface area is 83.9 Å². The fourth-order valence-electron chi connectivity index (χ4n) is 0.816. The smallest absolute Gasteiger partial charge is 0.0995 e. The monoisotopic (exact) mass is 196 g/mol. The van der Waals surface area contributed by atoms with Gasteiger partial charge in [-0.1, -0.05) is 25.4 Å². The van der Waals surface area contributed by atoms with Crippen LogP contribution in [-0.4, -0.2) is 0 Å². The van der Waals surface area contributed by atoms with E-state index < -0.39 is 0 Å². The van der Waals surface area contributed by atoms with E-state index in [0.717, 1.165) is 5.56 Å². The Morgan fingerprint density at radius 3 is 2.38 bits per heavy atom. The summed E-state index contributed by atoms with van der Waals surface area (Å²) in [4.78, 5) is 0. The topological polar surface area (TPSA) is 49.8 Å². The largest absolute Gasteiger partial charge is 0.399 e. The lowest BCUT2D eigenvalue weighted by atomic mass is 10.1. The van der Waals surface area contributed by atoms with Crippen molar-refractivity contribution in [2.45, 2.75) is 20.8 Å². The molecule has 1 rings (SSSR count).